The van der Waals surface area contributed by atoms with Crippen LogP contribution in [0.25, 0.3) is 10.8 Å². The molecule has 0 bridgehead atoms. The highest BCUT2D eigenvalue weighted by molar-refractivity contribution is 5.84. The molecule has 0 amide bonds. The van der Waals surface area contributed by atoms with Crippen LogP contribution in [-0.4, -0.2) is 12.0 Å². The van der Waals surface area contributed by atoms with Gasteiger partial charge in [0, 0.05) is 11.6 Å². The van der Waals surface area contributed by atoms with Gasteiger partial charge in [-0.05, 0) is 43.2 Å². The molecule has 106 valence electrons. The molecule has 1 atom stereocenters. The largest absolute Gasteiger partial charge is 0.311 e. The normalized spacial score (nSPS) is 24.7. The van der Waals surface area contributed by atoms with E-state index in [0.29, 0.717) is 6.04 Å². The van der Waals surface area contributed by atoms with Crippen LogP contribution in [0.1, 0.15) is 44.3 Å². The first-order chi connectivity index (χ1) is 9.79. The first kappa shape index (κ1) is 13.6. The molecule has 3 rings (SSSR count). The highest BCUT2D eigenvalue weighted by Crippen LogP contribution is 2.37. The van der Waals surface area contributed by atoms with Crippen molar-refractivity contribution in [2.75, 3.05) is 7.05 Å². The van der Waals surface area contributed by atoms with Gasteiger partial charge in [0.1, 0.15) is 0 Å². The lowest BCUT2D eigenvalue weighted by Gasteiger charge is -2.32. The molecule has 20 heavy (non-hydrogen) atoms. The van der Waals surface area contributed by atoms with E-state index in [1.165, 1.54) is 42.1 Å². The standard InChI is InChI=1S/C18H24N2/c1-13-7-9-15(10-8-13)17(19-2)18-16-6-4-3-5-14(16)11-12-20-18/h3-6,11-13,15,17,19H,7-10H2,1-2H3. The topological polar surface area (TPSA) is 24.9 Å². The highest BCUT2D eigenvalue weighted by Gasteiger charge is 2.27. The van der Waals surface area contributed by atoms with Crippen LogP contribution in [0.4, 0.5) is 0 Å². The van der Waals surface area contributed by atoms with E-state index in [4.69, 9.17) is 4.98 Å². The minimum Gasteiger partial charge on any atom is -0.311 e. The molecule has 0 aliphatic heterocycles. The molecule has 1 saturated carbocycles. The summed E-state index contributed by atoms with van der Waals surface area (Å²) in [6.45, 7) is 2.38. The second-order valence-corrected chi connectivity index (χ2v) is 6.20. The lowest BCUT2D eigenvalue weighted by molar-refractivity contribution is 0.236. The van der Waals surface area contributed by atoms with E-state index in [2.05, 4.69) is 49.6 Å². The van der Waals surface area contributed by atoms with Gasteiger partial charge in [0.05, 0.1) is 11.7 Å². The summed E-state index contributed by atoms with van der Waals surface area (Å²) in [5, 5.41) is 6.13. The number of nitrogens with one attached hydrogen (secondary N) is 1. The number of fused-ring (bicyclic) bond motifs is 1. The van der Waals surface area contributed by atoms with Crippen LogP contribution in [0.15, 0.2) is 36.5 Å². The number of benzene rings is 1. The fraction of sp³-hybridized carbons (Fsp3) is 0.500. The number of pyridine rings is 1. The van der Waals surface area contributed by atoms with Crippen LogP contribution in [0, 0.1) is 11.8 Å². The lowest BCUT2D eigenvalue weighted by atomic mass is 9.78. The zero-order valence-corrected chi connectivity index (χ0v) is 12.5. The van der Waals surface area contributed by atoms with Crippen LogP contribution < -0.4 is 5.32 Å². The van der Waals surface area contributed by atoms with Gasteiger partial charge in [-0.3, -0.25) is 4.98 Å². The van der Waals surface area contributed by atoms with Gasteiger partial charge in [0.2, 0.25) is 0 Å². The third-order valence-corrected chi connectivity index (χ3v) is 4.84. The molecular weight excluding hydrogens is 244 g/mol. The van der Waals surface area contributed by atoms with E-state index < -0.39 is 0 Å². The van der Waals surface area contributed by atoms with E-state index in [-0.39, 0.29) is 0 Å². The molecular formula is C18H24N2. The smallest absolute Gasteiger partial charge is 0.0654 e. The maximum Gasteiger partial charge on any atom is 0.0654 e. The van der Waals surface area contributed by atoms with E-state index in [1.807, 2.05) is 6.20 Å². The van der Waals surface area contributed by atoms with Crippen molar-refractivity contribution in [2.24, 2.45) is 11.8 Å². The molecule has 1 aliphatic carbocycles. The summed E-state index contributed by atoms with van der Waals surface area (Å²) < 4.78 is 0. The summed E-state index contributed by atoms with van der Waals surface area (Å²) >= 11 is 0. The minimum absolute atomic E-state index is 0.383. The van der Waals surface area contributed by atoms with Gasteiger partial charge in [0.25, 0.3) is 0 Å². The van der Waals surface area contributed by atoms with Crippen LogP contribution in [0.3, 0.4) is 0 Å². The molecule has 2 aromatic rings. The fourth-order valence-corrected chi connectivity index (χ4v) is 3.61. The van der Waals surface area contributed by atoms with Crippen LogP contribution in [0.2, 0.25) is 0 Å². The molecule has 0 spiro atoms. The summed E-state index contributed by atoms with van der Waals surface area (Å²) in [7, 11) is 2.08. The average molecular weight is 268 g/mol. The molecule has 2 nitrogen and oxygen atoms in total. The molecule has 1 aliphatic rings. The van der Waals surface area contributed by atoms with Crippen molar-refractivity contribution < 1.29 is 0 Å². The molecule has 0 saturated heterocycles. The van der Waals surface area contributed by atoms with Crippen molar-refractivity contribution in [3.05, 3.63) is 42.2 Å². The Morgan fingerprint density at radius 1 is 1.10 bits per heavy atom. The summed E-state index contributed by atoms with van der Waals surface area (Å²) in [5.74, 6) is 1.61. The number of hydrogen-bond acceptors (Lipinski definition) is 2. The third-order valence-electron chi connectivity index (χ3n) is 4.84. The number of nitrogens with zero attached hydrogens (tertiary/aromatic N) is 1. The van der Waals surface area contributed by atoms with E-state index in [0.717, 1.165) is 11.8 Å². The number of rotatable bonds is 3. The van der Waals surface area contributed by atoms with Crippen LogP contribution in [0.5, 0.6) is 0 Å². The van der Waals surface area contributed by atoms with Crippen molar-refractivity contribution in [1.82, 2.24) is 10.3 Å². The van der Waals surface area contributed by atoms with Gasteiger partial charge in [-0.15, -0.1) is 0 Å². The second kappa shape index (κ2) is 5.92. The molecule has 1 aromatic heterocycles. The van der Waals surface area contributed by atoms with Gasteiger partial charge in [-0.1, -0.05) is 44.0 Å². The quantitative estimate of drug-likeness (QED) is 0.896. The summed E-state index contributed by atoms with van der Waals surface area (Å²) in [6, 6.07) is 11.1. The number of hydrogen-bond donors (Lipinski definition) is 1. The van der Waals surface area contributed by atoms with E-state index >= 15 is 0 Å². The van der Waals surface area contributed by atoms with Gasteiger partial charge in [-0.2, -0.15) is 0 Å². The molecule has 0 radical (unpaired) electrons. The zero-order chi connectivity index (χ0) is 13.9. The van der Waals surface area contributed by atoms with Gasteiger partial charge < -0.3 is 5.32 Å². The van der Waals surface area contributed by atoms with Gasteiger partial charge in [0.15, 0.2) is 0 Å². The number of aromatic nitrogens is 1. The molecule has 1 aromatic carbocycles. The molecule has 1 N–H and O–H groups in total. The zero-order valence-electron chi connectivity index (χ0n) is 12.5. The lowest BCUT2D eigenvalue weighted by Crippen LogP contribution is -2.29. The van der Waals surface area contributed by atoms with Crippen molar-refractivity contribution in [1.29, 1.82) is 0 Å². The summed E-state index contributed by atoms with van der Waals surface area (Å²) in [4.78, 5) is 4.71. The monoisotopic (exact) mass is 268 g/mol. The van der Waals surface area contributed by atoms with Crippen molar-refractivity contribution >= 4 is 10.8 Å². The Bertz CT molecular complexity index is 565. The fourth-order valence-electron chi connectivity index (χ4n) is 3.61. The molecule has 2 heteroatoms. The maximum atomic E-state index is 4.71. The first-order valence-electron chi connectivity index (χ1n) is 7.80. The molecule has 1 unspecified atom stereocenters. The summed E-state index contributed by atoms with van der Waals surface area (Å²) in [5.41, 5.74) is 1.23. The van der Waals surface area contributed by atoms with E-state index in [9.17, 15) is 0 Å². The minimum atomic E-state index is 0.383. The van der Waals surface area contributed by atoms with Gasteiger partial charge in [-0.25, -0.2) is 0 Å². The predicted molar refractivity (Wildman–Crippen MR) is 84.7 cm³/mol. The Balaban J connectivity index is 1.95. The predicted octanol–water partition coefficient (Wildman–Crippen LogP) is 4.32. The SMILES string of the molecule is CNC(c1nccc2ccccc12)C1CCC(C)CC1. The third kappa shape index (κ3) is 2.57. The van der Waals surface area contributed by atoms with Crippen molar-refractivity contribution in [3.63, 3.8) is 0 Å². The van der Waals surface area contributed by atoms with Crippen molar-refractivity contribution in [3.8, 4) is 0 Å². The van der Waals surface area contributed by atoms with Crippen LogP contribution in [-0.2, 0) is 0 Å². The average Bonchev–Trinajstić information content (AvgIpc) is 2.50. The molecule has 1 heterocycles. The van der Waals surface area contributed by atoms with Crippen LogP contribution >= 0.6 is 0 Å². The van der Waals surface area contributed by atoms with E-state index in [1.54, 1.807) is 0 Å². The Hall–Kier alpha value is -1.41. The maximum absolute atomic E-state index is 4.71. The Morgan fingerprint density at radius 3 is 2.60 bits per heavy atom. The van der Waals surface area contributed by atoms with Gasteiger partial charge >= 0.3 is 0 Å². The Labute approximate surface area is 121 Å². The summed E-state index contributed by atoms with van der Waals surface area (Å²) in [6.07, 6.45) is 7.30. The highest BCUT2D eigenvalue weighted by atomic mass is 14.9. The second-order valence-electron chi connectivity index (χ2n) is 6.20. The first-order valence-corrected chi connectivity index (χ1v) is 7.80. The molecule has 1 fully saturated rings. The van der Waals surface area contributed by atoms with Crippen molar-refractivity contribution in [2.45, 2.75) is 38.6 Å². The Morgan fingerprint density at radius 2 is 1.85 bits per heavy atom. The Kier molecular flexibility index (Phi) is 4.02.